The first kappa shape index (κ1) is 24.3. The van der Waals surface area contributed by atoms with Crippen LogP contribution in [-0.2, 0) is 9.47 Å². The number of aliphatic imine (C=N–C) groups is 1. The van der Waals surface area contributed by atoms with Gasteiger partial charge in [0.2, 0.25) is 0 Å². The molecule has 0 bridgehead atoms. The van der Waals surface area contributed by atoms with Gasteiger partial charge in [0, 0.05) is 21.2 Å². The molecule has 0 rings (SSSR count). The highest BCUT2D eigenvalue weighted by Crippen LogP contribution is 2.04. The second kappa shape index (κ2) is 23.4. The van der Waals surface area contributed by atoms with Gasteiger partial charge in [0.05, 0.1) is 12.8 Å². The number of nitrogens with zero attached hydrogens (tertiary/aromatic N) is 1. The van der Waals surface area contributed by atoms with E-state index in [0.717, 1.165) is 12.2 Å². The van der Waals surface area contributed by atoms with Crippen LogP contribution in [0.1, 0.15) is 34.1 Å². The minimum absolute atomic E-state index is 0.545. The molecule has 4 nitrogen and oxygen atoms in total. The maximum atomic E-state index is 5.49. The van der Waals surface area contributed by atoms with E-state index in [2.05, 4.69) is 29.6 Å². The topological polar surface area (TPSA) is 42.9 Å². The van der Waals surface area contributed by atoms with Crippen molar-refractivity contribution in [3.8, 4) is 12.3 Å². The molecule has 0 saturated heterocycles. The quantitative estimate of drug-likeness (QED) is 0.323. The van der Waals surface area contributed by atoms with Crippen LogP contribution in [0.5, 0.6) is 0 Å². The number of methoxy groups -OCH3 is 1. The molecule has 0 aliphatic carbocycles. The lowest BCUT2D eigenvalue weighted by molar-refractivity contribution is 0.117. The Bertz CT molecular complexity index is 326. The summed E-state index contributed by atoms with van der Waals surface area (Å²) in [4.78, 5) is 3.94. The summed E-state index contributed by atoms with van der Waals surface area (Å²) in [5, 5.41) is 2.99. The van der Waals surface area contributed by atoms with Gasteiger partial charge in [-0.3, -0.25) is 4.99 Å². The molecule has 4 heteroatoms. The number of rotatable bonds is 8. The van der Waals surface area contributed by atoms with E-state index in [-0.39, 0.29) is 0 Å². The molecule has 1 N–H and O–H groups in total. The monoisotopic (exact) mass is 296 g/mol. The molecular weight excluding hydrogens is 264 g/mol. The van der Waals surface area contributed by atoms with Crippen molar-refractivity contribution in [3.05, 3.63) is 23.6 Å². The van der Waals surface area contributed by atoms with E-state index in [9.17, 15) is 0 Å². The van der Waals surface area contributed by atoms with Gasteiger partial charge in [-0.25, -0.2) is 0 Å². The number of hydrogen-bond donors (Lipinski definition) is 1. The SMILES string of the molecule is C#CC.CC.CN=C/C(=C\C/C(C)=C/NC)OCCOC. The normalized spacial score (nSPS) is 10.8. The van der Waals surface area contributed by atoms with E-state index in [1.165, 1.54) is 5.57 Å². The van der Waals surface area contributed by atoms with Gasteiger partial charge in [-0.1, -0.05) is 19.4 Å². The third-order valence-electron chi connectivity index (χ3n) is 1.83. The minimum atomic E-state index is 0.545. The van der Waals surface area contributed by atoms with E-state index >= 15 is 0 Å². The van der Waals surface area contributed by atoms with Crippen molar-refractivity contribution in [1.29, 1.82) is 0 Å². The Balaban J connectivity index is -0.000000569. The first-order valence-electron chi connectivity index (χ1n) is 7.10. The highest BCUT2D eigenvalue weighted by molar-refractivity contribution is 5.75. The van der Waals surface area contributed by atoms with Crippen molar-refractivity contribution in [1.82, 2.24) is 5.32 Å². The predicted octanol–water partition coefficient (Wildman–Crippen LogP) is 3.41. The maximum Gasteiger partial charge on any atom is 0.133 e. The summed E-state index contributed by atoms with van der Waals surface area (Å²) >= 11 is 0. The van der Waals surface area contributed by atoms with Gasteiger partial charge in [0.1, 0.15) is 12.4 Å². The summed E-state index contributed by atoms with van der Waals surface area (Å²) in [6, 6.07) is 0. The van der Waals surface area contributed by atoms with Crippen LogP contribution in [0.3, 0.4) is 0 Å². The van der Waals surface area contributed by atoms with Crippen LogP contribution in [0.15, 0.2) is 28.6 Å². The van der Waals surface area contributed by atoms with E-state index in [4.69, 9.17) is 9.47 Å². The summed E-state index contributed by atoms with van der Waals surface area (Å²) in [5.41, 5.74) is 1.24. The average Bonchev–Trinajstić information content (AvgIpc) is 2.48. The summed E-state index contributed by atoms with van der Waals surface area (Å²) in [5.74, 6) is 3.03. The zero-order valence-corrected chi connectivity index (χ0v) is 14.7. The average molecular weight is 296 g/mol. The molecule has 0 fully saturated rings. The second-order valence-corrected chi connectivity index (χ2v) is 3.61. The zero-order chi connectivity index (χ0) is 16.9. The molecule has 0 unspecified atom stereocenters. The highest BCUT2D eigenvalue weighted by atomic mass is 16.5. The van der Waals surface area contributed by atoms with E-state index in [0.29, 0.717) is 13.2 Å². The fourth-order valence-corrected chi connectivity index (χ4v) is 1.09. The van der Waals surface area contributed by atoms with Gasteiger partial charge in [-0.15, -0.1) is 12.3 Å². The molecule has 0 aliphatic heterocycles. The van der Waals surface area contributed by atoms with Crippen molar-refractivity contribution in [2.75, 3.05) is 34.4 Å². The number of nitrogens with one attached hydrogen (secondary N) is 1. The molecule has 0 heterocycles. The van der Waals surface area contributed by atoms with Crippen LogP contribution in [0.25, 0.3) is 0 Å². The highest BCUT2D eigenvalue weighted by Gasteiger charge is 1.94. The minimum Gasteiger partial charge on any atom is -0.490 e. The fraction of sp³-hybridized carbons (Fsp3) is 0.588. The van der Waals surface area contributed by atoms with Crippen molar-refractivity contribution >= 4 is 6.21 Å². The molecule has 0 aromatic rings. The van der Waals surface area contributed by atoms with Gasteiger partial charge in [0.15, 0.2) is 0 Å². The number of hydrogen-bond acceptors (Lipinski definition) is 4. The fourth-order valence-electron chi connectivity index (χ4n) is 1.09. The Morgan fingerprint density at radius 2 is 1.90 bits per heavy atom. The Morgan fingerprint density at radius 3 is 2.33 bits per heavy atom. The van der Waals surface area contributed by atoms with Gasteiger partial charge < -0.3 is 14.8 Å². The predicted molar refractivity (Wildman–Crippen MR) is 93.6 cm³/mol. The Hall–Kier alpha value is -1.73. The van der Waals surface area contributed by atoms with E-state index in [1.54, 1.807) is 27.3 Å². The van der Waals surface area contributed by atoms with Crippen molar-refractivity contribution in [2.24, 2.45) is 4.99 Å². The largest absolute Gasteiger partial charge is 0.490 e. The van der Waals surface area contributed by atoms with Gasteiger partial charge in [0.25, 0.3) is 0 Å². The number of ether oxygens (including phenoxy) is 2. The molecular formula is C17H32N2O2. The molecule has 122 valence electrons. The third kappa shape index (κ3) is 23.8. The molecule has 0 amide bonds. The van der Waals surface area contributed by atoms with Crippen LogP contribution >= 0.6 is 0 Å². The summed E-state index contributed by atoms with van der Waals surface area (Å²) in [6.07, 6.45) is 11.1. The Labute approximate surface area is 131 Å². The zero-order valence-electron chi connectivity index (χ0n) is 14.7. The molecule has 0 aromatic heterocycles. The van der Waals surface area contributed by atoms with Gasteiger partial charge in [-0.2, -0.15) is 0 Å². The van der Waals surface area contributed by atoms with Crippen LogP contribution < -0.4 is 5.32 Å². The third-order valence-corrected chi connectivity index (χ3v) is 1.83. The first-order valence-corrected chi connectivity index (χ1v) is 7.10. The van der Waals surface area contributed by atoms with Gasteiger partial charge >= 0.3 is 0 Å². The van der Waals surface area contributed by atoms with Crippen LogP contribution in [0, 0.1) is 12.3 Å². The lowest BCUT2D eigenvalue weighted by Gasteiger charge is -2.06. The summed E-state index contributed by atoms with van der Waals surface area (Å²) in [7, 11) is 5.26. The molecule has 0 saturated carbocycles. The standard InChI is InChI=1S/C12H22N2O2.C3H4.C2H6/c1-11(9-13-2)5-6-12(10-14-3)16-8-7-15-4;1-3-2;1-2/h6,9-10,13H,5,7-8H2,1-4H3;1H,2H3;1-2H3/b11-9+,12-6+,14-10?;;. The van der Waals surface area contributed by atoms with Crippen LogP contribution in [-0.4, -0.2) is 40.6 Å². The van der Waals surface area contributed by atoms with Crippen LogP contribution in [0.4, 0.5) is 0 Å². The maximum absolute atomic E-state index is 5.49. The number of allylic oxidation sites excluding steroid dienone is 3. The van der Waals surface area contributed by atoms with Gasteiger partial charge in [-0.05, 0) is 32.5 Å². The molecule has 0 atom stereocenters. The van der Waals surface area contributed by atoms with Crippen LogP contribution in [0.2, 0.25) is 0 Å². The lowest BCUT2D eigenvalue weighted by Crippen LogP contribution is -2.03. The Morgan fingerprint density at radius 1 is 1.33 bits per heavy atom. The second-order valence-electron chi connectivity index (χ2n) is 3.61. The number of terminal acetylenes is 1. The smallest absolute Gasteiger partial charge is 0.133 e. The Kier molecular flexibility index (Phi) is 27.0. The first-order chi connectivity index (χ1) is 10.2. The van der Waals surface area contributed by atoms with Crippen molar-refractivity contribution in [3.63, 3.8) is 0 Å². The molecule has 0 aromatic carbocycles. The van der Waals surface area contributed by atoms with E-state index < -0.39 is 0 Å². The molecule has 0 radical (unpaired) electrons. The molecule has 0 spiro atoms. The lowest BCUT2D eigenvalue weighted by atomic mass is 10.2. The summed E-state index contributed by atoms with van der Waals surface area (Å²) in [6.45, 7) is 8.84. The molecule has 21 heavy (non-hydrogen) atoms. The van der Waals surface area contributed by atoms with Crippen molar-refractivity contribution in [2.45, 2.75) is 34.1 Å². The summed E-state index contributed by atoms with van der Waals surface area (Å²) < 4.78 is 10.4. The van der Waals surface area contributed by atoms with E-state index in [1.807, 2.05) is 33.2 Å². The van der Waals surface area contributed by atoms with Crippen molar-refractivity contribution < 1.29 is 9.47 Å². The molecule has 0 aliphatic rings.